The quantitative estimate of drug-likeness (QED) is 0.555. The van der Waals surface area contributed by atoms with E-state index < -0.39 is 28.7 Å². The minimum absolute atomic E-state index is 2.12. The molecule has 0 aliphatic heterocycles. The summed E-state index contributed by atoms with van der Waals surface area (Å²) in [6.45, 7) is 0. The van der Waals surface area contributed by atoms with Crippen LogP contribution in [0.3, 0.4) is 0 Å². The summed E-state index contributed by atoms with van der Waals surface area (Å²) in [5, 5.41) is -4.31. The summed E-state index contributed by atoms with van der Waals surface area (Å²) in [5.41, 5.74) is 0. The van der Waals surface area contributed by atoms with Crippen molar-refractivity contribution in [3.63, 3.8) is 0 Å². The van der Waals surface area contributed by atoms with E-state index in [4.69, 9.17) is 0 Å². The van der Waals surface area contributed by atoms with Crippen LogP contribution in [0.15, 0.2) is 10.5 Å². The van der Waals surface area contributed by atoms with E-state index in [-0.39, 0.29) is 0 Å². The van der Waals surface area contributed by atoms with Crippen LogP contribution in [0.2, 0.25) is 0 Å². The zero-order valence-electron chi connectivity index (χ0n) is 6.69. The molecule has 0 heterocycles. The number of halogens is 10. The van der Waals surface area contributed by atoms with Crippen molar-refractivity contribution in [1.29, 1.82) is 0 Å². The van der Waals surface area contributed by atoms with Gasteiger partial charge >= 0.3 is 18.2 Å². The molecule has 0 saturated heterocycles. The molecule has 0 aliphatic carbocycles. The van der Waals surface area contributed by atoms with E-state index in [0.29, 0.717) is 0 Å². The van der Waals surface area contributed by atoms with E-state index in [2.05, 4.69) is 27.9 Å². The summed E-state index contributed by atoms with van der Waals surface area (Å²) in [6, 6.07) is 0. The third kappa shape index (κ3) is 3.03. The van der Waals surface area contributed by atoms with Gasteiger partial charge in [0.2, 0.25) is 10.5 Å². The molecule has 0 aliphatic rings. The van der Waals surface area contributed by atoms with Crippen LogP contribution in [-0.4, -0.2) is 18.2 Å². The van der Waals surface area contributed by atoms with Crippen molar-refractivity contribution in [2.75, 3.05) is 0 Å². The lowest BCUT2D eigenvalue weighted by Crippen LogP contribution is -2.53. The van der Waals surface area contributed by atoms with Crippen molar-refractivity contribution in [3.8, 4) is 0 Å². The largest absolute Gasteiger partial charge is 0.475 e. The molecule has 96 valence electrons. The van der Waals surface area contributed by atoms with Gasteiger partial charge in [-0.3, -0.25) is 0 Å². The number of hydrogen-bond acceptors (Lipinski definition) is 1. The zero-order chi connectivity index (χ0) is 13.4. The molecular formula is C5Cl2F8O. The molecule has 16 heavy (non-hydrogen) atoms. The summed E-state index contributed by atoms with van der Waals surface area (Å²) in [7, 11) is 0. The molecule has 0 radical (unpaired) electrons. The second-order valence-electron chi connectivity index (χ2n) is 2.23. The van der Waals surface area contributed by atoms with Crippen LogP contribution in [0.4, 0.5) is 35.1 Å². The van der Waals surface area contributed by atoms with Gasteiger partial charge in [0.05, 0.1) is 0 Å². The van der Waals surface area contributed by atoms with Crippen LogP contribution < -0.4 is 0 Å². The predicted molar refractivity (Wildman–Crippen MR) is 36.9 cm³/mol. The summed E-state index contributed by atoms with van der Waals surface area (Å²) in [6.07, 6.45) is -12.7. The number of rotatable bonds is 3. The Morgan fingerprint density at radius 1 is 0.875 bits per heavy atom. The van der Waals surface area contributed by atoms with E-state index in [1.165, 1.54) is 0 Å². The van der Waals surface area contributed by atoms with Crippen molar-refractivity contribution in [1.82, 2.24) is 0 Å². The Kier molecular flexibility index (Phi) is 4.32. The molecule has 0 spiro atoms. The highest BCUT2D eigenvalue weighted by Gasteiger charge is 2.76. The molecule has 0 fully saturated rings. The van der Waals surface area contributed by atoms with E-state index in [1.807, 2.05) is 0 Å². The van der Waals surface area contributed by atoms with Crippen LogP contribution in [0.1, 0.15) is 0 Å². The minimum Gasteiger partial charge on any atom is -0.412 e. The highest BCUT2D eigenvalue weighted by molar-refractivity contribution is 6.37. The maximum atomic E-state index is 12.3. The van der Waals surface area contributed by atoms with Crippen molar-refractivity contribution in [2.24, 2.45) is 0 Å². The molecular weight excluding hydrogens is 299 g/mol. The minimum atomic E-state index is -6.60. The van der Waals surface area contributed by atoms with Crippen LogP contribution in [0.25, 0.3) is 0 Å². The van der Waals surface area contributed by atoms with Crippen LogP contribution >= 0.6 is 23.2 Å². The van der Waals surface area contributed by atoms with Gasteiger partial charge in [0.25, 0.3) is 0 Å². The summed E-state index contributed by atoms with van der Waals surface area (Å²) in [5.74, 6) is -6.55. The van der Waals surface area contributed by atoms with Gasteiger partial charge in [-0.1, -0.05) is 0 Å². The summed E-state index contributed by atoms with van der Waals surface area (Å²) < 4.78 is 97.6. The topological polar surface area (TPSA) is 9.23 Å². The third-order valence-electron chi connectivity index (χ3n) is 1.09. The highest BCUT2D eigenvalue weighted by Crippen LogP contribution is 2.48. The summed E-state index contributed by atoms with van der Waals surface area (Å²) in [4.78, 5) is 0. The van der Waals surface area contributed by atoms with E-state index in [9.17, 15) is 35.1 Å². The molecule has 0 atom stereocenters. The third-order valence-corrected chi connectivity index (χ3v) is 1.60. The van der Waals surface area contributed by atoms with Gasteiger partial charge in [-0.25, -0.2) is 0 Å². The molecule has 0 bridgehead atoms. The van der Waals surface area contributed by atoms with Crippen molar-refractivity contribution in [2.45, 2.75) is 18.2 Å². The Bertz CT molecular complexity index is 291. The van der Waals surface area contributed by atoms with E-state index in [1.54, 1.807) is 0 Å². The number of ether oxygens (including phenoxy) is 1. The highest BCUT2D eigenvalue weighted by atomic mass is 35.5. The van der Waals surface area contributed by atoms with Crippen LogP contribution in [-0.2, 0) is 4.74 Å². The van der Waals surface area contributed by atoms with Gasteiger partial charge in [-0.15, -0.1) is 0 Å². The van der Waals surface area contributed by atoms with Gasteiger partial charge in [-0.05, 0) is 23.2 Å². The Morgan fingerprint density at radius 3 is 1.50 bits per heavy atom. The molecule has 0 aromatic heterocycles. The molecule has 0 saturated carbocycles. The SMILES string of the molecule is FC(Cl)=C(Cl)OC(F)(F)C(F)(F)C(F)(F)F. The molecule has 0 amide bonds. The first-order valence-electron chi connectivity index (χ1n) is 3.05. The second kappa shape index (κ2) is 4.44. The normalized spacial score (nSPS) is 15.9. The zero-order valence-corrected chi connectivity index (χ0v) is 8.20. The van der Waals surface area contributed by atoms with Crippen LogP contribution in [0, 0.1) is 0 Å². The van der Waals surface area contributed by atoms with Crippen molar-refractivity contribution in [3.05, 3.63) is 10.5 Å². The molecule has 1 nitrogen and oxygen atoms in total. The number of alkyl halides is 7. The fraction of sp³-hybridized carbons (Fsp3) is 0.600. The van der Waals surface area contributed by atoms with Gasteiger partial charge in [0.1, 0.15) is 0 Å². The maximum Gasteiger partial charge on any atom is 0.475 e. The van der Waals surface area contributed by atoms with Gasteiger partial charge in [0, 0.05) is 0 Å². The van der Waals surface area contributed by atoms with Gasteiger partial charge in [-0.2, -0.15) is 35.1 Å². The second-order valence-corrected chi connectivity index (χ2v) is 2.90. The molecule has 0 aromatic rings. The standard InChI is InChI=1S/C5Cl2F8O/c6-1(8)2(7)16-5(14,15)3(9,10)4(11,12)13. The maximum absolute atomic E-state index is 12.3. The predicted octanol–water partition coefficient (Wildman–Crippen LogP) is 4.37. The van der Waals surface area contributed by atoms with Crippen LogP contribution in [0.5, 0.6) is 0 Å². The lowest BCUT2D eigenvalue weighted by Gasteiger charge is -2.27. The average molecular weight is 299 g/mol. The fourth-order valence-corrected chi connectivity index (χ4v) is 0.516. The molecule has 0 N–H and O–H groups in total. The lowest BCUT2D eigenvalue weighted by molar-refractivity contribution is -0.414. The Hall–Kier alpha value is -0.440. The van der Waals surface area contributed by atoms with Crippen molar-refractivity contribution < 1.29 is 39.9 Å². The Morgan fingerprint density at radius 2 is 1.25 bits per heavy atom. The Balaban J connectivity index is 5.15. The lowest BCUT2D eigenvalue weighted by atomic mass is 10.3. The molecule has 0 rings (SSSR count). The molecule has 11 heteroatoms. The first kappa shape index (κ1) is 15.6. The van der Waals surface area contributed by atoms with Gasteiger partial charge in [0.15, 0.2) is 0 Å². The molecule has 0 unspecified atom stereocenters. The van der Waals surface area contributed by atoms with E-state index >= 15 is 0 Å². The fourth-order valence-electron chi connectivity index (χ4n) is 0.380. The molecule has 0 aromatic carbocycles. The van der Waals surface area contributed by atoms with Crippen molar-refractivity contribution >= 4 is 23.2 Å². The van der Waals surface area contributed by atoms with Gasteiger partial charge < -0.3 is 4.74 Å². The first-order valence-corrected chi connectivity index (χ1v) is 3.80. The summed E-state index contributed by atoms with van der Waals surface area (Å²) >= 11 is 8.72. The monoisotopic (exact) mass is 298 g/mol. The first-order chi connectivity index (χ1) is 6.83. The smallest absolute Gasteiger partial charge is 0.412 e. The van der Waals surface area contributed by atoms with E-state index in [0.717, 1.165) is 0 Å². The average Bonchev–Trinajstić information content (AvgIpc) is 2.00. The Labute approximate surface area is 92.6 Å². The number of hydrogen-bond donors (Lipinski definition) is 0.